The predicted molar refractivity (Wildman–Crippen MR) is 108 cm³/mol. The second kappa shape index (κ2) is 14.8. The number of para-hydroxylation sites is 1. The number of nitrogens with one attached hydrogen (secondary N) is 1. The first-order valence-corrected chi connectivity index (χ1v) is 10.3. The number of benzene rings is 1. The van der Waals surface area contributed by atoms with Gasteiger partial charge in [0.2, 0.25) is 0 Å². The van der Waals surface area contributed by atoms with E-state index in [0.29, 0.717) is 5.56 Å². The van der Waals surface area contributed by atoms with Crippen molar-refractivity contribution in [3.8, 4) is 0 Å². The van der Waals surface area contributed by atoms with E-state index in [9.17, 15) is 4.79 Å². The molecular weight excluding hydrogens is 310 g/mol. The first-order valence-electron chi connectivity index (χ1n) is 10.3. The maximum absolute atomic E-state index is 11.1. The SMILES string of the molecule is CCCCCCCCCCCCCCCNc1ccccc1C(=O)O. The number of hydrogen-bond donors (Lipinski definition) is 2. The highest BCUT2D eigenvalue weighted by Gasteiger charge is 2.07. The molecule has 0 spiro atoms. The number of unbranched alkanes of at least 4 members (excludes halogenated alkanes) is 12. The molecular formula is C22H37NO2. The van der Waals surface area contributed by atoms with E-state index < -0.39 is 5.97 Å². The Kier molecular flexibility index (Phi) is 12.7. The van der Waals surface area contributed by atoms with Crippen LogP contribution in [0.25, 0.3) is 0 Å². The van der Waals surface area contributed by atoms with Gasteiger partial charge in [0, 0.05) is 12.2 Å². The summed E-state index contributed by atoms with van der Waals surface area (Å²) < 4.78 is 0. The monoisotopic (exact) mass is 347 g/mol. The van der Waals surface area contributed by atoms with Crippen molar-refractivity contribution in [1.82, 2.24) is 0 Å². The van der Waals surface area contributed by atoms with Crippen molar-refractivity contribution < 1.29 is 9.90 Å². The van der Waals surface area contributed by atoms with Gasteiger partial charge in [-0.2, -0.15) is 0 Å². The van der Waals surface area contributed by atoms with Gasteiger partial charge in [-0.05, 0) is 18.6 Å². The molecule has 0 bridgehead atoms. The summed E-state index contributed by atoms with van der Waals surface area (Å²) >= 11 is 0. The summed E-state index contributed by atoms with van der Waals surface area (Å²) in [6.07, 6.45) is 17.5. The normalized spacial score (nSPS) is 10.8. The zero-order valence-electron chi connectivity index (χ0n) is 16.1. The van der Waals surface area contributed by atoms with Crippen LogP contribution in [0.15, 0.2) is 24.3 Å². The fourth-order valence-corrected chi connectivity index (χ4v) is 3.19. The van der Waals surface area contributed by atoms with Crippen LogP contribution < -0.4 is 5.32 Å². The lowest BCUT2D eigenvalue weighted by atomic mass is 10.0. The zero-order valence-corrected chi connectivity index (χ0v) is 16.1. The number of hydrogen-bond acceptors (Lipinski definition) is 2. The minimum atomic E-state index is -0.867. The van der Waals surface area contributed by atoms with Crippen LogP contribution in [0.5, 0.6) is 0 Å². The Bertz CT molecular complexity index is 459. The second-order valence-corrected chi connectivity index (χ2v) is 7.02. The minimum Gasteiger partial charge on any atom is -0.478 e. The van der Waals surface area contributed by atoms with Crippen molar-refractivity contribution in [1.29, 1.82) is 0 Å². The lowest BCUT2D eigenvalue weighted by Gasteiger charge is -2.09. The molecule has 3 nitrogen and oxygen atoms in total. The first-order chi connectivity index (χ1) is 12.3. The molecule has 2 N–H and O–H groups in total. The number of rotatable bonds is 16. The van der Waals surface area contributed by atoms with Gasteiger partial charge in [0.15, 0.2) is 0 Å². The molecule has 25 heavy (non-hydrogen) atoms. The first kappa shape index (κ1) is 21.5. The summed E-state index contributed by atoms with van der Waals surface area (Å²) in [4.78, 5) is 11.1. The molecule has 0 atom stereocenters. The number of carboxylic acids is 1. The molecule has 0 fully saturated rings. The fraction of sp³-hybridized carbons (Fsp3) is 0.682. The Morgan fingerprint density at radius 3 is 1.80 bits per heavy atom. The molecule has 1 rings (SSSR count). The smallest absolute Gasteiger partial charge is 0.337 e. The van der Waals surface area contributed by atoms with Crippen LogP contribution in [-0.2, 0) is 0 Å². The third kappa shape index (κ3) is 10.9. The molecule has 0 aliphatic rings. The van der Waals surface area contributed by atoms with Gasteiger partial charge in [-0.3, -0.25) is 0 Å². The van der Waals surface area contributed by atoms with Crippen molar-refractivity contribution in [2.24, 2.45) is 0 Å². The van der Waals surface area contributed by atoms with Crippen LogP contribution in [0.1, 0.15) is 101 Å². The number of carboxylic acid groups (broad SMARTS) is 1. The maximum Gasteiger partial charge on any atom is 0.337 e. The molecule has 142 valence electrons. The largest absolute Gasteiger partial charge is 0.478 e. The summed E-state index contributed by atoms with van der Waals surface area (Å²) in [5, 5.41) is 12.4. The highest BCUT2D eigenvalue weighted by Crippen LogP contribution is 2.16. The van der Waals surface area contributed by atoms with Gasteiger partial charge >= 0.3 is 5.97 Å². The Morgan fingerprint density at radius 1 is 0.800 bits per heavy atom. The molecule has 0 saturated carbocycles. The van der Waals surface area contributed by atoms with Crippen molar-refractivity contribution in [3.63, 3.8) is 0 Å². The van der Waals surface area contributed by atoms with Crippen LogP contribution in [0.3, 0.4) is 0 Å². The average Bonchev–Trinajstić information content (AvgIpc) is 2.62. The standard InChI is InChI=1S/C22H37NO2/c1-2-3-4-5-6-7-8-9-10-11-12-13-16-19-23-21-18-15-14-17-20(21)22(24)25/h14-15,17-18,23H,2-13,16,19H2,1H3,(H,24,25). The molecule has 0 unspecified atom stereocenters. The Morgan fingerprint density at radius 2 is 1.28 bits per heavy atom. The Labute approximate surface area is 154 Å². The van der Waals surface area contributed by atoms with Gasteiger partial charge in [0.1, 0.15) is 0 Å². The third-order valence-corrected chi connectivity index (χ3v) is 4.75. The van der Waals surface area contributed by atoms with Gasteiger partial charge in [-0.1, -0.05) is 96.1 Å². The van der Waals surface area contributed by atoms with Crippen molar-refractivity contribution in [2.75, 3.05) is 11.9 Å². The summed E-state index contributed by atoms with van der Waals surface area (Å²) in [6.45, 7) is 3.12. The minimum absolute atomic E-state index is 0.359. The fourth-order valence-electron chi connectivity index (χ4n) is 3.19. The van der Waals surface area contributed by atoms with Gasteiger partial charge in [-0.25, -0.2) is 4.79 Å². The molecule has 0 heterocycles. The van der Waals surface area contributed by atoms with E-state index in [0.717, 1.165) is 18.7 Å². The Balaban J connectivity index is 1.90. The third-order valence-electron chi connectivity index (χ3n) is 4.75. The van der Waals surface area contributed by atoms with Gasteiger partial charge < -0.3 is 10.4 Å². The molecule has 0 aromatic heterocycles. The number of anilines is 1. The molecule has 0 amide bonds. The topological polar surface area (TPSA) is 49.3 Å². The molecule has 0 saturated heterocycles. The quantitative estimate of drug-likeness (QED) is 0.320. The van der Waals surface area contributed by atoms with Gasteiger partial charge in [0.25, 0.3) is 0 Å². The Hall–Kier alpha value is -1.51. The van der Waals surface area contributed by atoms with E-state index in [1.54, 1.807) is 12.1 Å². The molecule has 0 radical (unpaired) electrons. The highest BCUT2D eigenvalue weighted by atomic mass is 16.4. The molecule has 0 aliphatic heterocycles. The lowest BCUT2D eigenvalue weighted by molar-refractivity contribution is 0.0698. The van der Waals surface area contributed by atoms with Crippen molar-refractivity contribution in [2.45, 2.75) is 90.4 Å². The van der Waals surface area contributed by atoms with E-state index in [2.05, 4.69) is 12.2 Å². The predicted octanol–water partition coefficient (Wildman–Crippen LogP) is 6.89. The van der Waals surface area contributed by atoms with E-state index in [1.807, 2.05) is 12.1 Å². The van der Waals surface area contributed by atoms with E-state index in [4.69, 9.17) is 5.11 Å². The molecule has 1 aromatic rings. The second-order valence-electron chi connectivity index (χ2n) is 7.02. The average molecular weight is 348 g/mol. The summed E-state index contributed by atoms with van der Waals surface area (Å²) in [6, 6.07) is 7.12. The highest BCUT2D eigenvalue weighted by molar-refractivity contribution is 5.94. The molecule has 1 aromatic carbocycles. The van der Waals surface area contributed by atoms with Crippen LogP contribution in [-0.4, -0.2) is 17.6 Å². The van der Waals surface area contributed by atoms with Crippen molar-refractivity contribution >= 4 is 11.7 Å². The van der Waals surface area contributed by atoms with Crippen molar-refractivity contribution in [3.05, 3.63) is 29.8 Å². The van der Waals surface area contributed by atoms with E-state index >= 15 is 0 Å². The van der Waals surface area contributed by atoms with Crippen LogP contribution in [0.4, 0.5) is 5.69 Å². The van der Waals surface area contributed by atoms with Crippen LogP contribution in [0, 0.1) is 0 Å². The van der Waals surface area contributed by atoms with Gasteiger partial charge in [0.05, 0.1) is 5.56 Å². The summed E-state index contributed by atoms with van der Waals surface area (Å²) in [5.41, 5.74) is 1.09. The van der Waals surface area contributed by atoms with E-state index in [-0.39, 0.29) is 0 Å². The summed E-state index contributed by atoms with van der Waals surface area (Å²) in [5.74, 6) is -0.867. The maximum atomic E-state index is 11.1. The number of carbonyl (C=O) groups is 1. The zero-order chi connectivity index (χ0) is 18.2. The summed E-state index contributed by atoms with van der Waals surface area (Å²) in [7, 11) is 0. The van der Waals surface area contributed by atoms with Crippen LogP contribution >= 0.6 is 0 Å². The van der Waals surface area contributed by atoms with Crippen LogP contribution in [0.2, 0.25) is 0 Å². The molecule has 0 aliphatic carbocycles. The van der Waals surface area contributed by atoms with E-state index in [1.165, 1.54) is 77.0 Å². The number of aromatic carboxylic acids is 1. The molecule has 3 heteroatoms. The lowest BCUT2D eigenvalue weighted by Crippen LogP contribution is -2.07. The van der Waals surface area contributed by atoms with Gasteiger partial charge in [-0.15, -0.1) is 0 Å².